The van der Waals surface area contributed by atoms with Gasteiger partial charge in [-0.1, -0.05) is 12.1 Å². The fraction of sp³-hybridized carbons (Fsp3) is 0.417. The number of rotatable bonds is 4. The van der Waals surface area contributed by atoms with Gasteiger partial charge in [0.15, 0.2) is 5.78 Å². The minimum atomic E-state index is -0.498. The smallest absolute Gasteiger partial charge is 0.180 e. The molecule has 1 atom stereocenters. The van der Waals surface area contributed by atoms with E-state index in [1.54, 1.807) is 19.1 Å². The van der Waals surface area contributed by atoms with E-state index in [1.807, 2.05) is 19.9 Å². The van der Waals surface area contributed by atoms with Gasteiger partial charge in [-0.3, -0.25) is 4.79 Å². The quantitative estimate of drug-likeness (QED) is 0.582. The predicted molar refractivity (Wildman–Crippen MR) is 62.0 cm³/mol. The van der Waals surface area contributed by atoms with Crippen LogP contribution < -0.4 is 4.74 Å². The molecule has 1 aromatic carbocycles. The highest BCUT2D eigenvalue weighted by atomic mass is 35.5. The van der Waals surface area contributed by atoms with Crippen LogP contribution in [0.2, 0.25) is 0 Å². The number of aryl methyl sites for hydroxylation is 1. The molecule has 2 nitrogen and oxygen atoms in total. The third kappa shape index (κ3) is 2.96. The number of hydrogen-bond acceptors (Lipinski definition) is 2. The van der Waals surface area contributed by atoms with Crippen LogP contribution in [0.25, 0.3) is 0 Å². The molecule has 1 aromatic rings. The molecule has 0 aliphatic heterocycles. The molecule has 0 radical (unpaired) electrons. The van der Waals surface area contributed by atoms with Crippen molar-refractivity contribution in [2.45, 2.75) is 26.1 Å². The van der Waals surface area contributed by atoms with Crippen molar-refractivity contribution in [1.82, 2.24) is 0 Å². The van der Waals surface area contributed by atoms with E-state index in [2.05, 4.69) is 0 Å². The normalized spacial score (nSPS) is 12.3. The molecule has 0 heterocycles. The fourth-order valence-corrected chi connectivity index (χ4v) is 1.42. The van der Waals surface area contributed by atoms with Gasteiger partial charge in [0, 0.05) is 5.56 Å². The third-order valence-electron chi connectivity index (χ3n) is 2.13. The lowest BCUT2D eigenvalue weighted by atomic mass is 10.1. The standard InChI is InChI=1S/C12H15ClO2/c1-4-15-11-7-10(6-5-8(11)2)12(14)9(3)13/h5-7,9H,4H2,1-3H3. The number of Topliss-reactive ketones (excluding diaryl/α,β-unsaturated/α-hetero) is 1. The highest BCUT2D eigenvalue weighted by Gasteiger charge is 2.13. The zero-order chi connectivity index (χ0) is 11.4. The molecule has 0 saturated carbocycles. The summed E-state index contributed by atoms with van der Waals surface area (Å²) in [5, 5.41) is -0.498. The maximum atomic E-state index is 11.6. The summed E-state index contributed by atoms with van der Waals surface area (Å²) in [6.07, 6.45) is 0. The average Bonchev–Trinajstić information content (AvgIpc) is 2.20. The van der Waals surface area contributed by atoms with Crippen molar-refractivity contribution in [1.29, 1.82) is 0 Å². The number of hydrogen-bond donors (Lipinski definition) is 0. The number of benzene rings is 1. The molecule has 0 bridgehead atoms. The summed E-state index contributed by atoms with van der Waals surface area (Å²) in [4.78, 5) is 11.6. The summed E-state index contributed by atoms with van der Waals surface area (Å²) in [7, 11) is 0. The molecule has 0 spiro atoms. The van der Waals surface area contributed by atoms with E-state index in [-0.39, 0.29) is 5.78 Å². The number of ketones is 1. The van der Waals surface area contributed by atoms with Crippen LogP contribution in [0.5, 0.6) is 5.75 Å². The largest absolute Gasteiger partial charge is 0.494 e. The van der Waals surface area contributed by atoms with E-state index in [4.69, 9.17) is 16.3 Å². The number of ether oxygens (including phenoxy) is 1. The second-order valence-electron chi connectivity index (χ2n) is 3.39. The average molecular weight is 227 g/mol. The molecule has 0 fully saturated rings. The highest BCUT2D eigenvalue weighted by molar-refractivity contribution is 6.33. The van der Waals surface area contributed by atoms with Crippen LogP contribution in [-0.2, 0) is 0 Å². The molecule has 0 N–H and O–H groups in total. The van der Waals surface area contributed by atoms with Gasteiger partial charge in [0.05, 0.1) is 12.0 Å². The van der Waals surface area contributed by atoms with Crippen LogP contribution >= 0.6 is 11.6 Å². The minimum absolute atomic E-state index is 0.0716. The number of carbonyl (C=O) groups is 1. The maximum absolute atomic E-state index is 11.6. The van der Waals surface area contributed by atoms with Crippen LogP contribution in [0, 0.1) is 6.92 Å². The van der Waals surface area contributed by atoms with Gasteiger partial charge >= 0.3 is 0 Å². The Labute approximate surface area is 95.2 Å². The topological polar surface area (TPSA) is 26.3 Å². The molecular weight excluding hydrogens is 212 g/mol. The van der Waals surface area contributed by atoms with Crippen molar-refractivity contribution in [3.63, 3.8) is 0 Å². The van der Waals surface area contributed by atoms with Gasteiger partial charge in [0.2, 0.25) is 0 Å². The zero-order valence-corrected chi connectivity index (χ0v) is 9.97. The van der Waals surface area contributed by atoms with Crippen LogP contribution in [0.15, 0.2) is 18.2 Å². The van der Waals surface area contributed by atoms with E-state index >= 15 is 0 Å². The lowest BCUT2D eigenvalue weighted by molar-refractivity contribution is 0.0991. The lowest BCUT2D eigenvalue weighted by Crippen LogP contribution is -2.10. The first-order valence-electron chi connectivity index (χ1n) is 4.98. The van der Waals surface area contributed by atoms with E-state index in [0.717, 1.165) is 11.3 Å². The van der Waals surface area contributed by atoms with Crippen LogP contribution in [0.1, 0.15) is 29.8 Å². The number of alkyl halides is 1. The summed E-state index contributed by atoms with van der Waals surface area (Å²) in [5.74, 6) is 0.679. The Morgan fingerprint density at radius 1 is 1.53 bits per heavy atom. The Balaban J connectivity index is 3.01. The second-order valence-corrected chi connectivity index (χ2v) is 4.05. The van der Waals surface area contributed by atoms with E-state index in [0.29, 0.717) is 12.2 Å². The second kappa shape index (κ2) is 5.17. The molecule has 0 amide bonds. The van der Waals surface area contributed by atoms with Crippen molar-refractivity contribution in [3.8, 4) is 5.75 Å². The molecular formula is C12H15ClO2. The van der Waals surface area contributed by atoms with Gasteiger partial charge in [-0.25, -0.2) is 0 Å². The van der Waals surface area contributed by atoms with E-state index in [1.165, 1.54) is 0 Å². The van der Waals surface area contributed by atoms with Gasteiger partial charge in [-0.05, 0) is 32.4 Å². The van der Waals surface area contributed by atoms with Crippen LogP contribution in [0.3, 0.4) is 0 Å². The van der Waals surface area contributed by atoms with Crippen molar-refractivity contribution in [2.75, 3.05) is 6.61 Å². The zero-order valence-electron chi connectivity index (χ0n) is 9.21. The number of halogens is 1. The molecule has 0 aliphatic carbocycles. The molecule has 0 aliphatic rings. The van der Waals surface area contributed by atoms with Crippen molar-refractivity contribution >= 4 is 17.4 Å². The Morgan fingerprint density at radius 3 is 2.73 bits per heavy atom. The SMILES string of the molecule is CCOc1cc(C(=O)C(C)Cl)ccc1C. The molecule has 1 rings (SSSR count). The summed E-state index contributed by atoms with van der Waals surface area (Å²) >= 11 is 5.74. The summed E-state index contributed by atoms with van der Waals surface area (Å²) < 4.78 is 5.41. The van der Waals surface area contributed by atoms with Gasteiger partial charge in [-0.15, -0.1) is 11.6 Å². The first-order chi connectivity index (χ1) is 7.06. The first kappa shape index (κ1) is 12.1. The monoisotopic (exact) mass is 226 g/mol. The highest BCUT2D eigenvalue weighted by Crippen LogP contribution is 2.21. The van der Waals surface area contributed by atoms with Crippen molar-refractivity contribution < 1.29 is 9.53 Å². The van der Waals surface area contributed by atoms with Crippen LogP contribution in [-0.4, -0.2) is 17.8 Å². The summed E-state index contributed by atoms with van der Waals surface area (Å²) in [6, 6.07) is 5.40. The van der Waals surface area contributed by atoms with Gasteiger partial charge < -0.3 is 4.74 Å². The Kier molecular flexibility index (Phi) is 4.15. The lowest BCUT2D eigenvalue weighted by Gasteiger charge is -2.09. The van der Waals surface area contributed by atoms with Gasteiger partial charge in [-0.2, -0.15) is 0 Å². The van der Waals surface area contributed by atoms with Crippen LogP contribution in [0.4, 0.5) is 0 Å². The third-order valence-corrected chi connectivity index (χ3v) is 2.33. The Morgan fingerprint density at radius 2 is 2.20 bits per heavy atom. The van der Waals surface area contributed by atoms with Crippen molar-refractivity contribution in [3.05, 3.63) is 29.3 Å². The molecule has 15 heavy (non-hydrogen) atoms. The van der Waals surface area contributed by atoms with Gasteiger partial charge in [0.25, 0.3) is 0 Å². The molecule has 0 aromatic heterocycles. The Hall–Kier alpha value is -1.02. The van der Waals surface area contributed by atoms with Crippen molar-refractivity contribution in [2.24, 2.45) is 0 Å². The minimum Gasteiger partial charge on any atom is -0.494 e. The summed E-state index contributed by atoms with van der Waals surface area (Å²) in [5.41, 5.74) is 1.63. The fourth-order valence-electron chi connectivity index (χ4n) is 1.29. The molecule has 0 saturated heterocycles. The molecule has 82 valence electrons. The molecule has 3 heteroatoms. The Bertz CT molecular complexity index is 359. The number of carbonyl (C=O) groups excluding carboxylic acids is 1. The predicted octanol–water partition coefficient (Wildman–Crippen LogP) is 3.20. The van der Waals surface area contributed by atoms with E-state index < -0.39 is 5.38 Å². The van der Waals surface area contributed by atoms with Gasteiger partial charge in [0.1, 0.15) is 5.75 Å². The summed E-state index contributed by atoms with van der Waals surface area (Å²) in [6.45, 7) is 6.13. The first-order valence-corrected chi connectivity index (χ1v) is 5.41. The maximum Gasteiger partial charge on any atom is 0.180 e. The molecule has 1 unspecified atom stereocenters. The van der Waals surface area contributed by atoms with E-state index in [9.17, 15) is 4.79 Å².